The topological polar surface area (TPSA) is 35.6 Å². The summed E-state index contributed by atoms with van der Waals surface area (Å²) in [6.45, 7) is 7.96. The number of hydrogen-bond acceptors (Lipinski definition) is 3. The van der Waals surface area contributed by atoms with E-state index < -0.39 is 0 Å². The molecule has 1 fully saturated rings. The molecule has 4 nitrogen and oxygen atoms in total. The fourth-order valence-electron chi connectivity index (χ4n) is 2.15. The highest BCUT2D eigenvalue weighted by molar-refractivity contribution is 5.82. The zero-order valence-electron chi connectivity index (χ0n) is 11.2. The molecule has 16 heavy (non-hydrogen) atoms. The van der Waals surface area contributed by atoms with Crippen molar-refractivity contribution in [2.75, 3.05) is 27.2 Å². The number of rotatable bonds is 3. The molecule has 1 amide bonds. The van der Waals surface area contributed by atoms with Crippen LogP contribution in [0.25, 0.3) is 0 Å². The predicted octanol–water partition coefficient (Wildman–Crippen LogP) is 0.535. The summed E-state index contributed by atoms with van der Waals surface area (Å²) >= 11 is 0. The molecule has 1 aliphatic rings. The van der Waals surface area contributed by atoms with Gasteiger partial charge in [-0.15, -0.1) is 0 Å². The second-order valence-electron chi connectivity index (χ2n) is 5.30. The maximum Gasteiger partial charge on any atom is 0.241 e. The molecule has 0 bridgehead atoms. The highest BCUT2D eigenvalue weighted by Gasteiger charge is 2.30. The Labute approximate surface area is 99.0 Å². The van der Waals surface area contributed by atoms with Crippen LogP contribution in [0.15, 0.2) is 0 Å². The number of likely N-dealkylation sites (N-methyl/N-ethyl adjacent to an activating group) is 1. The Morgan fingerprint density at radius 1 is 1.50 bits per heavy atom. The first-order chi connectivity index (χ1) is 7.41. The second kappa shape index (κ2) is 5.64. The zero-order valence-corrected chi connectivity index (χ0v) is 11.2. The third-order valence-corrected chi connectivity index (χ3v) is 3.04. The first-order valence-electron chi connectivity index (χ1n) is 6.13. The van der Waals surface area contributed by atoms with Crippen molar-refractivity contribution in [3.8, 4) is 0 Å². The van der Waals surface area contributed by atoms with Gasteiger partial charge in [0.25, 0.3) is 0 Å². The molecule has 0 radical (unpaired) electrons. The summed E-state index contributed by atoms with van der Waals surface area (Å²) in [5, 5.41) is 3.41. The first kappa shape index (κ1) is 13.5. The maximum atomic E-state index is 12.3. The summed E-state index contributed by atoms with van der Waals surface area (Å²) in [6, 6.07) is 0.650. The number of nitrogens with zero attached hydrogens (tertiary/aromatic N) is 2. The number of hydrogen-bond donors (Lipinski definition) is 1. The molecule has 2 unspecified atom stereocenters. The average Bonchev–Trinajstić information content (AvgIpc) is 2.26. The largest absolute Gasteiger partial charge is 0.339 e. The van der Waals surface area contributed by atoms with Crippen LogP contribution in [0.3, 0.4) is 0 Å². The van der Waals surface area contributed by atoms with E-state index in [0.717, 1.165) is 19.5 Å². The lowest BCUT2D eigenvalue weighted by Gasteiger charge is -2.29. The van der Waals surface area contributed by atoms with Gasteiger partial charge in [-0.3, -0.25) is 4.79 Å². The molecule has 1 heterocycles. The molecule has 4 heteroatoms. The average molecular weight is 227 g/mol. The smallest absolute Gasteiger partial charge is 0.241 e. The summed E-state index contributed by atoms with van der Waals surface area (Å²) < 4.78 is 0. The molecule has 0 aromatic heterocycles. The van der Waals surface area contributed by atoms with E-state index in [1.807, 2.05) is 19.0 Å². The van der Waals surface area contributed by atoms with Gasteiger partial charge in [0.05, 0.1) is 6.04 Å². The van der Waals surface area contributed by atoms with Crippen molar-refractivity contribution in [3.63, 3.8) is 0 Å². The normalized spacial score (nSPS) is 27.7. The minimum Gasteiger partial charge on any atom is -0.339 e. The van der Waals surface area contributed by atoms with Crippen LogP contribution in [-0.2, 0) is 4.79 Å². The molecule has 0 saturated carbocycles. The van der Waals surface area contributed by atoms with Gasteiger partial charge in [-0.05, 0) is 41.3 Å². The van der Waals surface area contributed by atoms with E-state index in [4.69, 9.17) is 0 Å². The summed E-state index contributed by atoms with van der Waals surface area (Å²) in [7, 11) is 4.01. The van der Waals surface area contributed by atoms with Crippen molar-refractivity contribution in [1.29, 1.82) is 0 Å². The fourth-order valence-corrected chi connectivity index (χ4v) is 2.15. The van der Waals surface area contributed by atoms with Crippen LogP contribution in [0.4, 0.5) is 0 Å². The number of carbonyl (C=O) groups is 1. The summed E-state index contributed by atoms with van der Waals surface area (Å²) in [5.74, 6) is 0.244. The number of amides is 1. The third-order valence-electron chi connectivity index (χ3n) is 3.04. The highest BCUT2D eigenvalue weighted by Crippen LogP contribution is 2.11. The van der Waals surface area contributed by atoms with Crippen LogP contribution in [0.5, 0.6) is 0 Å². The zero-order chi connectivity index (χ0) is 12.3. The van der Waals surface area contributed by atoms with Gasteiger partial charge < -0.3 is 15.1 Å². The lowest BCUT2D eigenvalue weighted by atomic mass is 10.2. The van der Waals surface area contributed by atoms with Gasteiger partial charge in [-0.25, -0.2) is 0 Å². The van der Waals surface area contributed by atoms with E-state index in [-0.39, 0.29) is 11.9 Å². The quantitative estimate of drug-likeness (QED) is 0.764. The SMILES string of the molecule is CC1CCN(C(C)C)C(=O)C(CN(C)C)N1. The van der Waals surface area contributed by atoms with Gasteiger partial charge in [-0.1, -0.05) is 0 Å². The van der Waals surface area contributed by atoms with Gasteiger partial charge in [0.1, 0.15) is 0 Å². The second-order valence-corrected chi connectivity index (χ2v) is 5.30. The Hall–Kier alpha value is -0.610. The van der Waals surface area contributed by atoms with Gasteiger partial charge in [-0.2, -0.15) is 0 Å². The maximum absolute atomic E-state index is 12.3. The van der Waals surface area contributed by atoms with Crippen molar-refractivity contribution in [2.24, 2.45) is 0 Å². The molecule has 1 saturated heterocycles. The molecule has 0 aromatic rings. The van der Waals surface area contributed by atoms with Crippen molar-refractivity contribution in [1.82, 2.24) is 15.1 Å². The number of nitrogens with one attached hydrogen (secondary N) is 1. The van der Waals surface area contributed by atoms with Crippen LogP contribution < -0.4 is 5.32 Å². The van der Waals surface area contributed by atoms with E-state index in [0.29, 0.717) is 12.1 Å². The van der Waals surface area contributed by atoms with Gasteiger partial charge >= 0.3 is 0 Å². The first-order valence-corrected chi connectivity index (χ1v) is 6.13. The van der Waals surface area contributed by atoms with Crippen molar-refractivity contribution < 1.29 is 4.79 Å². The molecule has 0 spiro atoms. The molecule has 1 aliphatic heterocycles. The van der Waals surface area contributed by atoms with E-state index in [2.05, 4.69) is 31.0 Å². The van der Waals surface area contributed by atoms with E-state index in [9.17, 15) is 4.79 Å². The van der Waals surface area contributed by atoms with Gasteiger partial charge in [0.2, 0.25) is 5.91 Å². The Kier molecular flexibility index (Phi) is 4.74. The van der Waals surface area contributed by atoms with Crippen molar-refractivity contribution in [2.45, 2.75) is 45.3 Å². The van der Waals surface area contributed by atoms with E-state index >= 15 is 0 Å². The molecule has 1 N–H and O–H groups in total. The molecule has 0 aromatic carbocycles. The predicted molar refractivity (Wildman–Crippen MR) is 66.4 cm³/mol. The van der Waals surface area contributed by atoms with Crippen molar-refractivity contribution in [3.05, 3.63) is 0 Å². The standard InChI is InChI=1S/C12H25N3O/c1-9(2)15-7-6-10(3)13-11(12(15)16)8-14(4)5/h9-11,13H,6-8H2,1-5H3. The lowest BCUT2D eigenvalue weighted by Crippen LogP contribution is -2.51. The molecule has 1 rings (SSSR count). The monoisotopic (exact) mass is 227 g/mol. The van der Waals surface area contributed by atoms with Gasteiger partial charge in [0.15, 0.2) is 0 Å². The summed E-state index contributed by atoms with van der Waals surface area (Å²) in [4.78, 5) is 16.4. The fraction of sp³-hybridized carbons (Fsp3) is 0.917. The minimum atomic E-state index is -0.0603. The molecular formula is C12H25N3O. The van der Waals surface area contributed by atoms with Crippen LogP contribution >= 0.6 is 0 Å². The molecule has 2 atom stereocenters. The number of carbonyl (C=O) groups excluding carboxylic acids is 1. The van der Waals surface area contributed by atoms with Crippen LogP contribution in [0.2, 0.25) is 0 Å². The highest BCUT2D eigenvalue weighted by atomic mass is 16.2. The Morgan fingerprint density at radius 2 is 2.12 bits per heavy atom. The summed E-state index contributed by atoms with van der Waals surface area (Å²) in [6.07, 6.45) is 1.04. The molecular weight excluding hydrogens is 202 g/mol. The van der Waals surface area contributed by atoms with Crippen LogP contribution in [0.1, 0.15) is 27.2 Å². The minimum absolute atomic E-state index is 0.0603. The van der Waals surface area contributed by atoms with Crippen molar-refractivity contribution >= 4 is 5.91 Å². The van der Waals surface area contributed by atoms with Crippen LogP contribution in [-0.4, -0.2) is 61.0 Å². The van der Waals surface area contributed by atoms with E-state index in [1.54, 1.807) is 0 Å². The van der Waals surface area contributed by atoms with E-state index in [1.165, 1.54) is 0 Å². The molecule has 0 aliphatic carbocycles. The Bertz CT molecular complexity index is 240. The third kappa shape index (κ3) is 3.46. The Balaban J connectivity index is 2.75. The van der Waals surface area contributed by atoms with Crippen LogP contribution in [0, 0.1) is 0 Å². The van der Waals surface area contributed by atoms with Gasteiger partial charge in [0, 0.05) is 25.2 Å². The summed E-state index contributed by atoms with van der Waals surface area (Å²) in [5.41, 5.74) is 0. The Morgan fingerprint density at radius 3 is 2.62 bits per heavy atom. The molecule has 94 valence electrons. The lowest BCUT2D eigenvalue weighted by molar-refractivity contribution is -0.134.